The Hall–Kier alpha value is -0.590. The molecule has 0 fully saturated rings. The molecule has 0 atom stereocenters. The predicted molar refractivity (Wildman–Crippen MR) is 81.2 cm³/mol. The zero-order chi connectivity index (χ0) is 12.4. The molecule has 88 valence electrons. The normalized spacial score (nSPS) is 10.3. The number of amides is 1. The summed E-state index contributed by atoms with van der Waals surface area (Å²) in [6.45, 7) is 1.92. The number of thiophene rings is 1. The molecule has 1 aromatic carbocycles. The minimum Gasteiger partial charge on any atom is -0.322 e. The van der Waals surface area contributed by atoms with E-state index in [4.69, 9.17) is 11.6 Å². The van der Waals surface area contributed by atoms with Crippen molar-refractivity contribution in [1.82, 2.24) is 0 Å². The Kier molecular flexibility index (Phi) is 4.06. The summed E-state index contributed by atoms with van der Waals surface area (Å²) in [5, 5.41) is 5.39. The lowest BCUT2D eigenvalue weighted by Crippen LogP contribution is -2.11. The Balaban J connectivity index is 2.18. The maximum absolute atomic E-state index is 11.9. The number of hydrogen-bond donors (Lipinski definition) is 1. The number of rotatable bonds is 2. The molecule has 0 aliphatic carbocycles. The third-order valence-electron chi connectivity index (χ3n) is 2.27. The molecule has 0 radical (unpaired) electrons. The first-order valence-electron chi connectivity index (χ1n) is 4.88. The molecule has 0 saturated heterocycles. The Morgan fingerprint density at radius 2 is 2.18 bits per heavy atom. The van der Waals surface area contributed by atoms with Crippen LogP contribution in [0.3, 0.4) is 0 Å². The number of aryl methyl sites for hydroxylation is 1. The van der Waals surface area contributed by atoms with Gasteiger partial charge >= 0.3 is 0 Å². The molecule has 0 unspecified atom stereocenters. The lowest BCUT2D eigenvalue weighted by molar-refractivity contribution is 0.102. The van der Waals surface area contributed by atoms with Crippen LogP contribution in [0.15, 0.2) is 29.6 Å². The summed E-state index contributed by atoms with van der Waals surface area (Å²) in [5.41, 5.74) is 2.44. The van der Waals surface area contributed by atoms with Gasteiger partial charge in [-0.25, -0.2) is 0 Å². The van der Waals surface area contributed by atoms with Crippen molar-refractivity contribution in [2.24, 2.45) is 0 Å². The van der Waals surface area contributed by atoms with Gasteiger partial charge in [-0.15, -0.1) is 11.3 Å². The number of benzene rings is 1. The van der Waals surface area contributed by atoms with Crippen molar-refractivity contribution < 1.29 is 4.79 Å². The second-order valence-corrected chi connectivity index (χ2v) is 6.79. The summed E-state index contributed by atoms with van der Waals surface area (Å²) >= 11 is 9.61. The van der Waals surface area contributed by atoms with E-state index in [1.807, 2.05) is 30.5 Å². The van der Waals surface area contributed by atoms with Gasteiger partial charge in [-0.1, -0.05) is 11.6 Å². The molecule has 1 aromatic heterocycles. The molecular weight excluding hydrogens is 369 g/mol. The van der Waals surface area contributed by atoms with E-state index < -0.39 is 0 Å². The largest absolute Gasteiger partial charge is 0.322 e. The second-order valence-electron chi connectivity index (χ2n) is 3.55. The van der Waals surface area contributed by atoms with Crippen LogP contribution in [0, 0.1) is 9.81 Å². The molecule has 1 N–H and O–H groups in total. The first-order valence-corrected chi connectivity index (χ1v) is 7.21. The van der Waals surface area contributed by atoms with Crippen molar-refractivity contribution >= 4 is 57.1 Å². The fourth-order valence-electron chi connectivity index (χ4n) is 1.39. The van der Waals surface area contributed by atoms with Gasteiger partial charge in [-0.3, -0.25) is 4.79 Å². The standard InChI is InChI=1S/C12H9ClINOS/c1-7-4-9(13)2-3-10(7)15-12(16)8-5-11(14)17-6-8/h2-6H,1H3,(H,15,16). The highest BCUT2D eigenvalue weighted by Gasteiger charge is 2.09. The van der Waals surface area contributed by atoms with E-state index >= 15 is 0 Å². The Bertz CT molecular complexity index is 567. The van der Waals surface area contributed by atoms with E-state index in [1.165, 1.54) is 0 Å². The molecule has 1 heterocycles. The van der Waals surface area contributed by atoms with Crippen LogP contribution in [0.2, 0.25) is 5.02 Å². The highest BCUT2D eigenvalue weighted by atomic mass is 127. The maximum atomic E-state index is 11.9. The van der Waals surface area contributed by atoms with Gasteiger partial charge in [0, 0.05) is 16.1 Å². The number of carbonyl (C=O) groups excluding carboxylic acids is 1. The summed E-state index contributed by atoms with van der Waals surface area (Å²) in [5.74, 6) is -0.0883. The van der Waals surface area contributed by atoms with Crippen molar-refractivity contribution in [3.8, 4) is 0 Å². The summed E-state index contributed by atoms with van der Waals surface area (Å²) in [7, 11) is 0. The van der Waals surface area contributed by atoms with E-state index in [1.54, 1.807) is 17.4 Å². The first kappa shape index (κ1) is 12.9. The zero-order valence-corrected chi connectivity index (χ0v) is 12.7. The van der Waals surface area contributed by atoms with Gasteiger partial charge in [0.15, 0.2) is 0 Å². The van der Waals surface area contributed by atoms with Gasteiger partial charge in [0.25, 0.3) is 5.91 Å². The van der Waals surface area contributed by atoms with Gasteiger partial charge in [-0.2, -0.15) is 0 Å². The van der Waals surface area contributed by atoms with Gasteiger partial charge < -0.3 is 5.32 Å². The molecule has 0 saturated carbocycles. The van der Waals surface area contributed by atoms with Crippen LogP contribution in [-0.4, -0.2) is 5.91 Å². The number of halogens is 2. The molecule has 0 bridgehead atoms. The van der Waals surface area contributed by atoms with Crippen LogP contribution < -0.4 is 5.32 Å². The van der Waals surface area contributed by atoms with Gasteiger partial charge in [0.05, 0.1) is 8.45 Å². The minimum absolute atomic E-state index is 0.0883. The Labute approximate surface area is 122 Å². The van der Waals surface area contributed by atoms with Crippen LogP contribution in [0.1, 0.15) is 15.9 Å². The van der Waals surface area contributed by atoms with Crippen molar-refractivity contribution in [3.05, 3.63) is 48.7 Å². The minimum atomic E-state index is -0.0883. The lowest BCUT2D eigenvalue weighted by Gasteiger charge is -2.07. The average Bonchev–Trinajstić information content (AvgIpc) is 2.69. The third-order valence-corrected chi connectivity index (χ3v) is 4.29. The molecular formula is C12H9ClINOS. The van der Waals surface area contributed by atoms with Crippen LogP contribution >= 0.6 is 45.5 Å². The molecule has 0 spiro atoms. The quantitative estimate of drug-likeness (QED) is 0.763. The topological polar surface area (TPSA) is 29.1 Å². The van der Waals surface area contributed by atoms with Gasteiger partial charge in [-0.05, 0) is 59.3 Å². The fraction of sp³-hybridized carbons (Fsp3) is 0.0833. The first-order chi connectivity index (χ1) is 8.06. The molecule has 1 amide bonds. The van der Waals surface area contributed by atoms with Crippen LogP contribution in [-0.2, 0) is 0 Å². The van der Waals surface area contributed by atoms with E-state index in [0.717, 1.165) is 14.1 Å². The van der Waals surface area contributed by atoms with E-state index in [2.05, 4.69) is 27.9 Å². The van der Waals surface area contributed by atoms with E-state index in [9.17, 15) is 4.79 Å². The van der Waals surface area contributed by atoms with Gasteiger partial charge in [0.2, 0.25) is 0 Å². The highest BCUT2D eigenvalue weighted by molar-refractivity contribution is 14.1. The van der Waals surface area contributed by atoms with E-state index in [-0.39, 0.29) is 5.91 Å². The third kappa shape index (κ3) is 3.20. The second kappa shape index (κ2) is 5.37. The van der Waals surface area contributed by atoms with Gasteiger partial charge in [0.1, 0.15) is 0 Å². The summed E-state index contributed by atoms with van der Waals surface area (Å²) in [6, 6.07) is 7.27. The monoisotopic (exact) mass is 377 g/mol. The summed E-state index contributed by atoms with van der Waals surface area (Å²) in [4.78, 5) is 11.9. The molecule has 5 heteroatoms. The Morgan fingerprint density at radius 1 is 1.41 bits per heavy atom. The van der Waals surface area contributed by atoms with E-state index in [0.29, 0.717) is 10.6 Å². The number of anilines is 1. The molecule has 17 heavy (non-hydrogen) atoms. The van der Waals surface area contributed by atoms with Crippen molar-refractivity contribution in [2.75, 3.05) is 5.32 Å². The summed E-state index contributed by atoms with van der Waals surface area (Å²) in [6.07, 6.45) is 0. The highest BCUT2D eigenvalue weighted by Crippen LogP contribution is 2.22. The smallest absolute Gasteiger partial charge is 0.256 e. The number of nitrogens with one attached hydrogen (secondary N) is 1. The lowest BCUT2D eigenvalue weighted by atomic mass is 10.2. The van der Waals surface area contributed by atoms with Crippen LogP contribution in [0.5, 0.6) is 0 Å². The zero-order valence-electron chi connectivity index (χ0n) is 8.96. The van der Waals surface area contributed by atoms with Crippen LogP contribution in [0.25, 0.3) is 0 Å². The van der Waals surface area contributed by atoms with Crippen LogP contribution in [0.4, 0.5) is 5.69 Å². The molecule has 2 rings (SSSR count). The maximum Gasteiger partial charge on any atom is 0.256 e. The molecule has 0 aliphatic rings. The fourth-order valence-corrected chi connectivity index (χ4v) is 2.94. The van der Waals surface area contributed by atoms with Crippen molar-refractivity contribution in [1.29, 1.82) is 0 Å². The predicted octanol–water partition coefficient (Wildman–Crippen LogP) is 4.57. The number of carbonyl (C=O) groups is 1. The van der Waals surface area contributed by atoms with Crippen molar-refractivity contribution in [2.45, 2.75) is 6.92 Å². The Morgan fingerprint density at radius 3 is 2.76 bits per heavy atom. The average molecular weight is 378 g/mol. The van der Waals surface area contributed by atoms with Crippen molar-refractivity contribution in [3.63, 3.8) is 0 Å². The molecule has 0 aliphatic heterocycles. The SMILES string of the molecule is Cc1cc(Cl)ccc1NC(=O)c1csc(I)c1. The molecule has 2 aromatic rings. The molecule has 2 nitrogen and oxygen atoms in total. The number of hydrogen-bond acceptors (Lipinski definition) is 2. The summed E-state index contributed by atoms with van der Waals surface area (Å²) < 4.78 is 1.10.